The lowest BCUT2D eigenvalue weighted by atomic mass is 10.1. The summed E-state index contributed by atoms with van der Waals surface area (Å²) in [5, 5.41) is -0.0175. The van der Waals surface area contributed by atoms with Gasteiger partial charge in [-0.3, -0.25) is 14.5 Å². The minimum Gasteiger partial charge on any atom is -0.378 e. The van der Waals surface area contributed by atoms with Gasteiger partial charge in [0.05, 0.1) is 12.1 Å². The molecule has 0 spiro atoms. The average Bonchev–Trinajstić information content (AvgIpc) is 2.80. The lowest BCUT2D eigenvalue weighted by Gasteiger charge is -2.16. The SMILES string of the molecule is CN(C)c1ccc(CN2C(=O)C(Cl)=C(c3ccccc3)C2=O)cc1. The number of benzene rings is 2. The number of amides is 2. The molecule has 5 heteroatoms. The first-order valence-electron chi connectivity index (χ1n) is 7.56. The zero-order valence-corrected chi connectivity index (χ0v) is 14.2. The molecule has 0 bridgehead atoms. The maximum Gasteiger partial charge on any atom is 0.273 e. The van der Waals surface area contributed by atoms with E-state index in [4.69, 9.17) is 11.6 Å². The second-order valence-electron chi connectivity index (χ2n) is 5.81. The first-order chi connectivity index (χ1) is 11.5. The molecule has 2 aromatic rings. The van der Waals surface area contributed by atoms with E-state index in [-0.39, 0.29) is 23.1 Å². The van der Waals surface area contributed by atoms with E-state index in [2.05, 4.69) is 0 Å². The van der Waals surface area contributed by atoms with Crippen molar-refractivity contribution in [2.24, 2.45) is 0 Å². The predicted octanol–water partition coefficient (Wildman–Crippen LogP) is 3.27. The third-order valence-corrected chi connectivity index (χ3v) is 4.32. The quantitative estimate of drug-likeness (QED) is 0.802. The fourth-order valence-corrected chi connectivity index (χ4v) is 2.92. The molecule has 0 atom stereocenters. The van der Waals surface area contributed by atoms with Crippen molar-refractivity contribution in [3.05, 3.63) is 70.8 Å². The van der Waals surface area contributed by atoms with Crippen LogP contribution in [0.25, 0.3) is 5.57 Å². The van der Waals surface area contributed by atoms with Crippen LogP contribution in [0.5, 0.6) is 0 Å². The monoisotopic (exact) mass is 340 g/mol. The van der Waals surface area contributed by atoms with Crippen LogP contribution in [0.1, 0.15) is 11.1 Å². The van der Waals surface area contributed by atoms with Crippen molar-refractivity contribution >= 4 is 34.7 Å². The summed E-state index contributed by atoms with van der Waals surface area (Å²) in [7, 11) is 3.91. The number of nitrogens with zero attached hydrogens (tertiary/aromatic N) is 2. The number of carbonyl (C=O) groups is 2. The van der Waals surface area contributed by atoms with Gasteiger partial charge in [-0.2, -0.15) is 0 Å². The molecule has 0 radical (unpaired) electrons. The van der Waals surface area contributed by atoms with E-state index >= 15 is 0 Å². The van der Waals surface area contributed by atoms with Gasteiger partial charge in [-0.25, -0.2) is 0 Å². The van der Waals surface area contributed by atoms with Crippen LogP contribution in [0, 0.1) is 0 Å². The van der Waals surface area contributed by atoms with Gasteiger partial charge in [-0.15, -0.1) is 0 Å². The molecule has 2 amide bonds. The van der Waals surface area contributed by atoms with Crippen molar-refractivity contribution in [1.29, 1.82) is 0 Å². The molecule has 0 N–H and O–H groups in total. The molecule has 0 unspecified atom stereocenters. The van der Waals surface area contributed by atoms with Gasteiger partial charge in [0.1, 0.15) is 5.03 Å². The van der Waals surface area contributed by atoms with E-state index in [0.717, 1.165) is 11.3 Å². The topological polar surface area (TPSA) is 40.6 Å². The Kier molecular flexibility index (Phi) is 4.40. The Morgan fingerprint density at radius 3 is 2.12 bits per heavy atom. The molecule has 24 heavy (non-hydrogen) atoms. The summed E-state index contributed by atoms with van der Waals surface area (Å²) in [6.07, 6.45) is 0. The fraction of sp³-hybridized carbons (Fsp3) is 0.158. The zero-order chi connectivity index (χ0) is 17.3. The normalized spacial score (nSPS) is 14.5. The maximum atomic E-state index is 12.7. The molecule has 1 aliphatic rings. The van der Waals surface area contributed by atoms with Crippen LogP contribution in [-0.2, 0) is 16.1 Å². The van der Waals surface area contributed by atoms with Crippen LogP contribution in [-0.4, -0.2) is 30.8 Å². The van der Waals surface area contributed by atoms with Gasteiger partial charge in [0, 0.05) is 19.8 Å². The Hall–Kier alpha value is -2.59. The predicted molar refractivity (Wildman–Crippen MR) is 95.5 cm³/mol. The van der Waals surface area contributed by atoms with Crippen LogP contribution in [0.3, 0.4) is 0 Å². The molecule has 0 aliphatic carbocycles. The Morgan fingerprint density at radius 2 is 1.54 bits per heavy atom. The van der Waals surface area contributed by atoms with E-state index in [9.17, 15) is 9.59 Å². The van der Waals surface area contributed by atoms with Crippen LogP contribution >= 0.6 is 11.6 Å². The second-order valence-corrected chi connectivity index (χ2v) is 6.19. The maximum absolute atomic E-state index is 12.7. The average molecular weight is 341 g/mol. The summed E-state index contributed by atoms with van der Waals surface area (Å²) in [5.41, 5.74) is 2.86. The highest BCUT2D eigenvalue weighted by Gasteiger charge is 2.37. The first kappa shape index (κ1) is 16.3. The molecule has 0 saturated carbocycles. The summed E-state index contributed by atoms with van der Waals surface area (Å²) >= 11 is 6.15. The van der Waals surface area contributed by atoms with E-state index in [0.29, 0.717) is 5.56 Å². The van der Waals surface area contributed by atoms with Crippen LogP contribution in [0.2, 0.25) is 0 Å². The van der Waals surface area contributed by atoms with Gasteiger partial charge >= 0.3 is 0 Å². The van der Waals surface area contributed by atoms with Gasteiger partial charge in [-0.05, 0) is 23.3 Å². The molecule has 4 nitrogen and oxygen atoms in total. The van der Waals surface area contributed by atoms with E-state index in [1.54, 1.807) is 12.1 Å². The highest BCUT2D eigenvalue weighted by Crippen LogP contribution is 2.32. The Labute approximate surface area is 145 Å². The van der Waals surface area contributed by atoms with Crippen molar-refractivity contribution in [2.45, 2.75) is 6.54 Å². The van der Waals surface area contributed by atoms with Crippen molar-refractivity contribution in [3.8, 4) is 0 Å². The van der Waals surface area contributed by atoms with Crippen LogP contribution in [0.15, 0.2) is 59.6 Å². The zero-order valence-electron chi connectivity index (χ0n) is 13.5. The Bertz CT molecular complexity index is 811. The van der Waals surface area contributed by atoms with E-state index < -0.39 is 5.91 Å². The van der Waals surface area contributed by atoms with Gasteiger partial charge in [0.25, 0.3) is 11.8 Å². The van der Waals surface area contributed by atoms with E-state index in [1.807, 2.05) is 61.5 Å². The third-order valence-electron chi connectivity index (χ3n) is 3.97. The first-order valence-corrected chi connectivity index (χ1v) is 7.94. The van der Waals surface area contributed by atoms with Crippen molar-refractivity contribution in [1.82, 2.24) is 4.90 Å². The minimum absolute atomic E-state index is 0.0175. The highest BCUT2D eigenvalue weighted by molar-refractivity contribution is 6.55. The number of halogens is 1. The van der Waals surface area contributed by atoms with Crippen molar-refractivity contribution in [3.63, 3.8) is 0 Å². The number of anilines is 1. The molecule has 3 rings (SSSR count). The lowest BCUT2D eigenvalue weighted by Crippen LogP contribution is -2.30. The summed E-state index contributed by atoms with van der Waals surface area (Å²) in [6.45, 7) is 0.206. The molecule has 2 aromatic carbocycles. The molecule has 122 valence electrons. The van der Waals surface area contributed by atoms with Crippen molar-refractivity contribution < 1.29 is 9.59 Å². The van der Waals surface area contributed by atoms with Crippen LogP contribution < -0.4 is 4.90 Å². The molecular formula is C19H17ClN2O2. The molecule has 0 aromatic heterocycles. The molecule has 1 heterocycles. The second kappa shape index (κ2) is 6.49. The summed E-state index contributed by atoms with van der Waals surface area (Å²) < 4.78 is 0. The molecule has 0 saturated heterocycles. The number of imide groups is 1. The Morgan fingerprint density at radius 1 is 0.917 bits per heavy atom. The van der Waals surface area contributed by atoms with Gasteiger partial charge in [0.2, 0.25) is 0 Å². The fourth-order valence-electron chi connectivity index (χ4n) is 2.63. The van der Waals surface area contributed by atoms with E-state index in [1.165, 1.54) is 4.90 Å². The third kappa shape index (κ3) is 2.93. The summed E-state index contributed by atoms with van der Waals surface area (Å²) in [6, 6.07) is 16.7. The number of rotatable bonds is 4. The smallest absolute Gasteiger partial charge is 0.273 e. The molecule has 1 aliphatic heterocycles. The number of hydrogen-bond acceptors (Lipinski definition) is 3. The van der Waals surface area contributed by atoms with Crippen LogP contribution in [0.4, 0.5) is 5.69 Å². The Balaban J connectivity index is 1.84. The highest BCUT2D eigenvalue weighted by atomic mass is 35.5. The van der Waals surface area contributed by atoms with Crippen molar-refractivity contribution in [2.75, 3.05) is 19.0 Å². The number of carbonyl (C=O) groups excluding carboxylic acids is 2. The lowest BCUT2D eigenvalue weighted by molar-refractivity contribution is -0.137. The molecular weight excluding hydrogens is 324 g/mol. The largest absolute Gasteiger partial charge is 0.378 e. The summed E-state index contributed by atoms with van der Waals surface area (Å²) in [5.74, 6) is -0.801. The van der Waals surface area contributed by atoms with Gasteiger partial charge < -0.3 is 4.90 Å². The number of hydrogen-bond donors (Lipinski definition) is 0. The van der Waals surface area contributed by atoms with Gasteiger partial charge in [0.15, 0.2) is 0 Å². The minimum atomic E-state index is -0.447. The standard InChI is InChI=1S/C19H17ClN2O2/c1-21(2)15-10-8-13(9-11-15)12-22-18(23)16(17(20)19(22)24)14-6-4-3-5-7-14/h3-11H,12H2,1-2H3. The summed E-state index contributed by atoms with van der Waals surface area (Å²) in [4.78, 5) is 28.2. The molecule has 0 fully saturated rings. The van der Waals surface area contributed by atoms with Gasteiger partial charge in [-0.1, -0.05) is 54.1 Å².